The lowest BCUT2D eigenvalue weighted by molar-refractivity contribution is 0.757. The van der Waals surface area contributed by atoms with Gasteiger partial charge in [-0.05, 0) is 92.8 Å². The van der Waals surface area contributed by atoms with Gasteiger partial charge in [0.15, 0.2) is 0 Å². The first-order valence-electron chi connectivity index (χ1n) is 22.8. The van der Waals surface area contributed by atoms with E-state index < -0.39 is 5.41 Å². The molecule has 0 saturated heterocycles. The molecule has 300 valence electrons. The molecular weight excluding hydrogens is 782 g/mol. The maximum absolute atomic E-state index is 2.54. The van der Waals surface area contributed by atoms with Crippen molar-refractivity contribution in [2.24, 2.45) is 0 Å². The third-order valence-corrected chi connectivity index (χ3v) is 14.8. The van der Waals surface area contributed by atoms with Gasteiger partial charge in [0, 0.05) is 33.5 Å². The monoisotopic (exact) mass is 822 g/mol. The van der Waals surface area contributed by atoms with Crippen molar-refractivity contribution in [3.8, 4) is 16.8 Å². The van der Waals surface area contributed by atoms with Crippen LogP contribution in [-0.2, 0) is 5.41 Å². The lowest BCUT2D eigenvalue weighted by Gasteiger charge is -2.51. The predicted molar refractivity (Wildman–Crippen MR) is 275 cm³/mol. The van der Waals surface area contributed by atoms with Crippen LogP contribution in [0.2, 0.25) is 0 Å². The molecule has 3 aliphatic rings. The van der Waals surface area contributed by atoms with E-state index in [2.05, 4.69) is 252 Å². The van der Waals surface area contributed by atoms with Crippen LogP contribution in [-0.4, -0.2) is 18.0 Å². The summed E-state index contributed by atoms with van der Waals surface area (Å²) in [6.45, 7) is 0.0995. The standard InChI is InChI=1S/C61H40B2N2/c1-4-19-43(20-5-1)62-52-29-13-11-26-48(52)61(50-38-36-41(39-55(50)62)42-35-37-47-46-25-10-16-32-56(46)64(59(47)40-42)44-21-6-2-7-22-44)49-27-12-14-30-53(49)63-54-31-15-17-33-57(54)65(45-23-8-3-9-24-45)58-34-18-28-51(61)60(58)63/h1-40H. The molecule has 0 aliphatic carbocycles. The summed E-state index contributed by atoms with van der Waals surface area (Å²) >= 11 is 0. The molecule has 0 radical (unpaired) electrons. The Morgan fingerprint density at radius 1 is 0.323 bits per heavy atom. The number of aromatic nitrogens is 1. The molecule has 2 nitrogen and oxygen atoms in total. The highest BCUT2D eigenvalue weighted by atomic mass is 15.1. The van der Waals surface area contributed by atoms with Crippen LogP contribution in [0.4, 0.5) is 17.1 Å². The third-order valence-electron chi connectivity index (χ3n) is 14.8. The summed E-state index contributed by atoms with van der Waals surface area (Å²) in [5.41, 5.74) is 22.6. The topological polar surface area (TPSA) is 8.17 Å². The second-order valence-corrected chi connectivity index (χ2v) is 17.9. The van der Waals surface area contributed by atoms with E-state index in [1.807, 2.05) is 0 Å². The van der Waals surface area contributed by atoms with Crippen molar-refractivity contribution < 1.29 is 0 Å². The molecule has 11 aromatic rings. The van der Waals surface area contributed by atoms with E-state index >= 15 is 0 Å². The molecule has 1 atom stereocenters. The van der Waals surface area contributed by atoms with E-state index in [-0.39, 0.29) is 13.4 Å². The molecule has 0 N–H and O–H groups in total. The number of hydrogen-bond acceptors (Lipinski definition) is 1. The lowest BCUT2D eigenvalue weighted by Crippen LogP contribution is -2.69. The predicted octanol–water partition coefficient (Wildman–Crippen LogP) is 10.3. The number of hydrogen-bond donors (Lipinski definition) is 0. The third kappa shape index (κ3) is 5.02. The molecule has 4 heterocycles. The minimum atomic E-state index is -0.591. The van der Waals surface area contributed by atoms with Gasteiger partial charge in [-0.25, -0.2) is 0 Å². The Labute approximate surface area is 379 Å². The molecule has 3 aliphatic heterocycles. The fourth-order valence-corrected chi connectivity index (χ4v) is 12.3. The second kappa shape index (κ2) is 14.0. The van der Waals surface area contributed by atoms with Gasteiger partial charge in [0.2, 0.25) is 13.4 Å². The van der Waals surface area contributed by atoms with Gasteiger partial charge >= 0.3 is 0 Å². The number of nitrogens with zero attached hydrogens (tertiary/aromatic N) is 2. The van der Waals surface area contributed by atoms with Gasteiger partial charge in [-0.1, -0.05) is 216 Å². The number of anilines is 3. The van der Waals surface area contributed by atoms with E-state index in [1.165, 1.54) is 105 Å². The van der Waals surface area contributed by atoms with Crippen molar-refractivity contribution in [2.45, 2.75) is 5.41 Å². The van der Waals surface area contributed by atoms with Crippen molar-refractivity contribution >= 4 is 85.1 Å². The van der Waals surface area contributed by atoms with E-state index in [0.29, 0.717) is 0 Å². The van der Waals surface area contributed by atoms with E-state index in [4.69, 9.17) is 0 Å². The van der Waals surface area contributed by atoms with Gasteiger partial charge in [-0.15, -0.1) is 0 Å². The second-order valence-electron chi connectivity index (χ2n) is 17.9. The molecular formula is C61H40B2N2. The zero-order valence-electron chi connectivity index (χ0n) is 35.6. The maximum atomic E-state index is 2.54. The summed E-state index contributed by atoms with van der Waals surface area (Å²) in [6, 6.07) is 91.1. The van der Waals surface area contributed by atoms with Gasteiger partial charge in [0.05, 0.1) is 16.4 Å². The van der Waals surface area contributed by atoms with E-state index in [9.17, 15) is 0 Å². The Hall–Kier alpha value is -8.07. The molecule has 4 heteroatoms. The summed E-state index contributed by atoms with van der Waals surface area (Å²) in [5, 5.41) is 2.52. The molecule has 0 saturated carbocycles. The summed E-state index contributed by atoms with van der Waals surface area (Å²) in [7, 11) is 0. The maximum Gasteiger partial charge on any atom is 0.247 e. The van der Waals surface area contributed by atoms with Gasteiger partial charge in [-0.3, -0.25) is 0 Å². The smallest absolute Gasteiger partial charge is 0.247 e. The lowest BCUT2D eigenvalue weighted by atomic mass is 9.25. The van der Waals surface area contributed by atoms with Crippen LogP contribution in [0.25, 0.3) is 38.6 Å². The minimum absolute atomic E-state index is 0.0263. The van der Waals surface area contributed by atoms with E-state index in [1.54, 1.807) is 0 Å². The Morgan fingerprint density at radius 2 is 0.862 bits per heavy atom. The van der Waals surface area contributed by atoms with Crippen molar-refractivity contribution in [3.63, 3.8) is 0 Å². The Balaban J connectivity index is 1.07. The van der Waals surface area contributed by atoms with Crippen LogP contribution < -0.4 is 37.7 Å². The van der Waals surface area contributed by atoms with Crippen LogP contribution in [0.3, 0.4) is 0 Å². The van der Waals surface area contributed by atoms with Gasteiger partial charge < -0.3 is 9.47 Å². The first-order chi connectivity index (χ1) is 32.3. The van der Waals surface area contributed by atoms with E-state index in [0.717, 1.165) is 5.69 Å². The van der Waals surface area contributed by atoms with Crippen LogP contribution >= 0.6 is 0 Å². The van der Waals surface area contributed by atoms with Crippen molar-refractivity contribution in [1.29, 1.82) is 0 Å². The SMILES string of the molecule is c1ccc(B2c3ccccc3C3(c4ccc(-c5ccc6c7ccccc7n(-c7ccccc7)c6c5)cc42)c2ccccc2B2c4ccccc4N(c4ccccc4)c4cccc3c42)cc1. The van der Waals surface area contributed by atoms with Crippen LogP contribution in [0.15, 0.2) is 243 Å². The number of para-hydroxylation sites is 4. The number of fused-ring (bicyclic) bond motifs is 13. The Bertz CT molecular complexity index is 3680. The van der Waals surface area contributed by atoms with Crippen LogP contribution in [0.5, 0.6) is 0 Å². The van der Waals surface area contributed by atoms with Crippen LogP contribution in [0.1, 0.15) is 22.3 Å². The summed E-state index contributed by atoms with van der Waals surface area (Å²) in [6.07, 6.45) is 0. The fraction of sp³-hybridized carbons (Fsp3) is 0.0164. The van der Waals surface area contributed by atoms with Crippen molar-refractivity contribution in [2.75, 3.05) is 4.90 Å². The molecule has 0 fully saturated rings. The Morgan fingerprint density at radius 3 is 1.63 bits per heavy atom. The zero-order valence-corrected chi connectivity index (χ0v) is 35.6. The summed E-state index contributed by atoms with van der Waals surface area (Å²) in [5.74, 6) is 0. The van der Waals surface area contributed by atoms with Crippen molar-refractivity contribution in [3.05, 3.63) is 265 Å². The van der Waals surface area contributed by atoms with Crippen molar-refractivity contribution in [1.82, 2.24) is 4.57 Å². The van der Waals surface area contributed by atoms with Gasteiger partial charge in [-0.2, -0.15) is 0 Å². The molecule has 1 spiro atoms. The largest absolute Gasteiger partial charge is 0.312 e. The first kappa shape index (κ1) is 36.4. The average Bonchev–Trinajstić information content (AvgIpc) is 3.71. The van der Waals surface area contributed by atoms with Gasteiger partial charge in [0.1, 0.15) is 0 Å². The molecule has 1 aromatic heterocycles. The fourth-order valence-electron chi connectivity index (χ4n) is 12.3. The minimum Gasteiger partial charge on any atom is -0.312 e. The highest BCUT2D eigenvalue weighted by Gasteiger charge is 2.55. The first-order valence-corrected chi connectivity index (χ1v) is 22.8. The average molecular weight is 823 g/mol. The zero-order chi connectivity index (χ0) is 42.6. The molecule has 0 amide bonds. The number of rotatable bonds is 4. The molecule has 1 unspecified atom stereocenters. The highest BCUT2D eigenvalue weighted by molar-refractivity contribution is 6.99. The summed E-state index contributed by atoms with van der Waals surface area (Å²) < 4.78 is 2.43. The number of benzene rings is 10. The van der Waals surface area contributed by atoms with Crippen LogP contribution in [0, 0.1) is 0 Å². The summed E-state index contributed by atoms with van der Waals surface area (Å²) in [4.78, 5) is 2.50. The quantitative estimate of drug-likeness (QED) is 0.161. The molecule has 14 rings (SSSR count). The van der Waals surface area contributed by atoms with Gasteiger partial charge in [0.25, 0.3) is 0 Å². The highest BCUT2D eigenvalue weighted by Crippen LogP contribution is 2.50. The molecule has 10 aromatic carbocycles. The molecule has 65 heavy (non-hydrogen) atoms. The Kier molecular flexibility index (Phi) is 7.82. The normalized spacial score (nSPS) is 15.4. The molecule has 0 bridgehead atoms.